The average molecular weight is 240 g/mol. The van der Waals surface area contributed by atoms with E-state index in [1.807, 2.05) is 42.5 Å². The number of anilines is 2. The summed E-state index contributed by atoms with van der Waals surface area (Å²) in [6.45, 7) is 0. The van der Waals surface area contributed by atoms with Crippen LogP contribution in [0.25, 0.3) is 0 Å². The van der Waals surface area contributed by atoms with Crippen LogP contribution in [0.15, 0.2) is 48.5 Å². The molecule has 4 N–H and O–H groups in total. The zero-order valence-corrected chi connectivity index (χ0v) is 10.1. The maximum absolute atomic E-state index is 11.9. The van der Waals surface area contributed by atoms with Gasteiger partial charge in [0.15, 0.2) is 5.78 Å². The SMILES string of the molecule is Nc1ccc(CCC(=O)c2ccccc2)cc1N. The Morgan fingerprint density at radius 3 is 2.33 bits per heavy atom. The van der Waals surface area contributed by atoms with Crippen molar-refractivity contribution >= 4 is 17.2 Å². The van der Waals surface area contributed by atoms with Gasteiger partial charge in [0.25, 0.3) is 0 Å². The lowest BCUT2D eigenvalue weighted by atomic mass is 10.0. The summed E-state index contributed by atoms with van der Waals surface area (Å²) in [5.41, 5.74) is 14.3. The summed E-state index contributed by atoms with van der Waals surface area (Å²) in [6, 6.07) is 14.8. The van der Waals surface area contributed by atoms with E-state index in [2.05, 4.69) is 0 Å². The minimum atomic E-state index is 0.144. The lowest BCUT2D eigenvalue weighted by Crippen LogP contribution is -2.02. The molecular weight excluding hydrogens is 224 g/mol. The molecule has 0 fully saturated rings. The molecule has 92 valence electrons. The summed E-state index contributed by atoms with van der Waals surface area (Å²) in [5, 5.41) is 0. The molecule has 0 bridgehead atoms. The number of carbonyl (C=O) groups is 1. The Balaban J connectivity index is 1.99. The molecule has 0 aromatic heterocycles. The molecule has 0 heterocycles. The highest BCUT2D eigenvalue weighted by Crippen LogP contribution is 2.17. The van der Waals surface area contributed by atoms with Crippen molar-refractivity contribution in [3.63, 3.8) is 0 Å². The molecule has 2 rings (SSSR count). The van der Waals surface area contributed by atoms with E-state index in [0.717, 1.165) is 11.1 Å². The first-order chi connectivity index (χ1) is 8.66. The molecule has 0 spiro atoms. The van der Waals surface area contributed by atoms with E-state index < -0.39 is 0 Å². The molecular formula is C15H16N2O. The summed E-state index contributed by atoms with van der Waals surface area (Å²) < 4.78 is 0. The third kappa shape index (κ3) is 2.88. The molecule has 0 aliphatic carbocycles. The number of Topliss-reactive ketones (excluding diaryl/α,β-unsaturated/α-hetero) is 1. The van der Waals surface area contributed by atoms with Crippen LogP contribution in [0, 0.1) is 0 Å². The lowest BCUT2D eigenvalue weighted by Gasteiger charge is -2.05. The highest BCUT2D eigenvalue weighted by Gasteiger charge is 2.06. The van der Waals surface area contributed by atoms with Crippen molar-refractivity contribution in [3.8, 4) is 0 Å². The molecule has 2 aromatic carbocycles. The number of rotatable bonds is 4. The van der Waals surface area contributed by atoms with Crippen molar-refractivity contribution in [2.45, 2.75) is 12.8 Å². The number of hydrogen-bond acceptors (Lipinski definition) is 3. The number of ketones is 1. The van der Waals surface area contributed by atoms with Crippen molar-refractivity contribution in [2.75, 3.05) is 11.5 Å². The predicted molar refractivity (Wildman–Crippen MR) is 74.4 cm³/mol. The van der Waals surface area contributed by atoms with Crippen LogP contribution in [0.4, 0.5) is 11.4 Å². The van der Waals surface area contributed by atoms with Crippen molar-refractivity contribution in [3.05, 3.63) is 59.7 Å². The van der Waals surface area contributed by atoms with Gasteiger partial charge in [-0.1, -0.05) is 36.4 Å². The van der Waals surface area contributed by atoms with Gasteiger partial charge < -0.3 is 11.5 Å². The number of nitrogens with two attached hydrogens (primary N) is 2. The number of carbonyl (C=O) groups excluding carboxylic acids is 1. The second-order valence-corrected chi connectivity index (χ2v) is 4.25. The Kier molecular flexibility index (Phi) is 3.63. The van der Waals surface area contributed by atoms with Crippen LogP contribution in [0.2, 0.25) is 0 Å². The molecule has 18 heavy (non-hydrogen) atoms. The second-order valence-electron chi connectivity index (χ2n) is 4.25. The molecule has 0 saturated carbocycles. The van der Waals surface area contributed by atoms with Gasteiger partial charge in [-0.25, -0.2) is 0 Å². The van der Waals surface area contributed by atoms with Gasteiger partial charge in [-0.2, -0.15) is 0 Å². The highest BCUT2D eigenvalue weighted by atomic mass is 16.1. The Hall–Kier alpha value is -2.29. The Morgan fingerprint density at radius 2 is 1.67 bits per heavy atom. The van der Waals surface area contributed by atoms with E-state index in [9.17, 15) is 4.79 Å². The highest BCUT2D eigenvalue weighted by molar-refractivity contribution is 5.96. The van der Waals surface area contributed by atoms with Crippen molar-refractivity contribution < 1.29 is 4.79 Å². The van der Waals surface area contributed by atoms with Crippen LogP contribution in [-0.4, -0.2) is 5.78 Å². The van der Waals surface area contributed by atoms with Crippen LogP contribution in [0.5, 0.6) is 0 Å². The van der Waals surface area contributed by atoms with E-state index >= 15 is 0 Å². The molecule has 3 nitrogen and oxygen atoms in total. The smallest absolute Gasteiger partial charge is 0.163 e. The fraction of sp³-hybridized carbons (Fsp3) is 0.133. The normalized spacial score (nSPS) is 10.2. The van der Waals surface area contributed by atoms with E-state index in [1.54, 1.807) is 6.07 Å². The van der Waals surface area contributed by atoms with Gasteiger partial charge in [-0.15, -0.1) is 0 Å². The van der Waals surface area contributed by atoms with E-state index in [4.69, 9.17) is 11.5 Å². The summed E-state index contributed by atoms with van der Waals surface area (Å²) in [4.78, 5) is 11.9. The molecule has 0 unspecified atom stereocenters. The van der Waals surface area contributed by atoms with Gasteiger partial charge >= 0.3 is 0 Å². The van der Waals surface area contributed by atoms with Crippen LogP contribution >= 0.6 is 0 Å². The number of benzene rings is 2. The maximum atomic E-state index is 11.9. The first-order valence-corrected chi connectivity index (χ1v) is 5.89. The van der Waals surface area contributed by atoms with Gasteiger partial charge in [0, 0.05) is 12.0 Å². The van der Waals surface area contributed by atoms with Gasteiger partial charge in [-0.3, -0.25) is 4.79 Å². The van der Waals surface area contributed by atoms with Crippen LogP contribution in [0.3, 0.4) is 0 Å². The van der Waals surface area contributed by atoms with Crippen LogP contribution < -0.4 is 11.5 Å². The summed E-state index contributed by atoms with van der Waals surface area (Å²) >= 11 is 0. The van der Waals surface area contributed by atoms with Gasteiger partial charge in [0.05, 0.1) is 11.4 Å². The van der Waals surface area contributed by atoms with Crippen LogP contribution in [0.1, 0.15) is 22.3 Å². The van der Waals surface area contributed by atoms with Gasteiger partial charge in [0.1, 0.15) is 0 Å². The Bertz CT molecular complexity index is 550. The topological polar surface area (TPSA) is 69.1 Å². The first-order valence-electron chi connectivity index (χ1n) is 5.89. The van der Waals surface area contributed by atoms with Crippen molar-refractivity contribution in [1.29, 1.82) is 0 Å². The zero-order chi connectivity index (χ0) is 13.0. The van der Waals surface area contributed by atoms with E-state index in [0.29, 0.717) is 24.2 Å². The first kappa shape index (κ1) is 12.2. The molecule has 0 aliphatic rings. The lowest BCUT2D eigenvalue weighted by molar-refractivity contribution is 0.0983. The van der Waals surface area contributed by atoms with E-state index in [1.165, 1.54) is 0 Å². The maximum Gasteiger partial charge on any atom is 0.163 e. The molecule has 0 atom stereocenters. The molecule has 3 heteroatoms. The molecule has 0 radical (unpaired) electrons. The van der Waals surface area contributed by atoms with Crippen molar-refractivity contribution in [1.82, 2.24) is 0 Å². The third-order valence-electron chi connectivity index (χ3n) is 2.89. The Labute approximate surface area is 106 Å². The molecule has 0 amide bonds. The summed E-state index contributed by atoms with van der Waals surface area (Å²) in [5.74, 6) is 0.144. The largest absolute Gasteiger partial charge is 0.397 e. The third-order valence-corrected chi connectivity index (χ3v) is 2.89. The van der Waals surface area contributed by atoms with Gasteiger partial charge in [0.2, 0.25) is 0 Å². The standard InChI is InChI=1S/C15H16N2O/c16-13-8-6-11(10-14(13)17)7-9-15(18)12-4-2-1-3-5-12/h1-6,8,10H,7,9,16-17H2. The van der Waals surface area contributed by atoms with Gasteiger partial charge in [-0.05, 0) is 24.1 Å². The fourth-order valence-corrected chi connectivity index (χ4v) is 1.81. The molecule has 2 aromatic rings. The minimum absolute atomic E-state index is 0.144. The predicted octanol–water partition coefficient (Wildman–Crippen LogP) is 2.67. The monoisotopic (exact) mass is 240 g/mol. The van der Waals surface area contributed by atoms with Crippen LogP contribution in [-0.2, 0) is 6.42 Å². The van der Waals surface area contributed by atoms with E-state index in [-0.39, 0.29) is 5.78 Å². The quantitative estimate of drug-likeness (QED) is 0.637. The summed E-state index contributed by atoms with van der Waals surface area (Å²) in [7, 11) is 0. The minimum Gasteiger partial charge on any atom is -0.397 e. The fourth-order valence-electron chi connectivity index (χ4n) is 1.81. The summed E-state index contributed by atoms with van der Waals surface area (Å²) in [6.07, 6.45) is 1.16. The molecule has 0 saturated heterocycles. The second kappa shape index (κ2) is 5.36. The van der Waals surface area contributed by atoms with Crippen molar-refractivity contribution in [2.24, 2.45) is 0 Å². The number of nitrogen functional groups attached to an aromatic ring is 2. The number of aryl methyl sites for hydroxylation is 1. The zero-order valence-electron chi connectivity index (χ0n) is 10.1. The molecule has 0 aliphatic heterocycles. The average Bonchev–Trinajstić information content (AvgIpc) is 2.41. The number of hydrogen-bond donors (Lipinski definition) is 2. The Morgan fingerprint density at radius 1 is 0.944 bits per heavy atom.